The van der Waals surface area contributed by atoms with E-state index in [9.17, 15) is 4.89 Å². The maximum absolute atomic E-state index is 10.9. The van der Waals surface area contributed by atoms with Crippen molar-refractivity contribution < 1.29 is 23.8 Å². The molecule has 7 heteroatoms. The quantitative estimate of drug-likeness (QED) is 0.178. The first-order valence-corrected chi connectivity index (χ1v) is 13.7. The summed E-state index contributed by atoms with van der Waals surface area (Å²) in [7, 11) is 0. The lowest BCUT2D eigenvalue weighted by Gasteiger charge is -2.21. The van der Waals surface area contributed by atoms with Crippen molar-refractivity contribution in [2.24, 2.45) is 0 Å². The number of rotatable bonds is 18. The van der Waals surface area contributed by atoms with Crippen LogP contribution in [0.25, 0.3) is 0 Å². The Bertz CT molecular complexity index is 441. The maximum atomic E-state index is 10.9. The molecule has 0 saturated carbocycles. The summed E-state index contributed by atoms with van der Waals surface area (Å²) in [5, 5.41) is 0. The van der Waals surface area contributed by atoms with E-state index >= 15 is 0 Å². The van der Waals surface area contributed by atoms with E-state index in [0.717, 1.165) is 12.8 Å². The third kappa shape index (κ3) is 16.0. The topological polar surface area (TPSA) is 71.0 Å². The van der Waals surface area contributed by atoms with Gasteiger partial charge < -0.3 is 23.8 Å². The van der Waals surface area contributed by atoms with Crippen LogP contribution in [0.5, 0.6) is 0 Å². The van der Waals surface area contributed by atoms with Crippen LogP contribution >= 0.6 is 6.72 Å². The zero-order valence-corrected chi connectivity index (χ0v) is 19.3. The highest BCUT2D eigenvalue weighted by Crippen LogP contribution is 2.32. The molecule has 2 unspecified atom stereocenters. The van der Waals surface area contributed by atoms with Crippen molar-refractivity contribution in [3.63, 3.8) is 0 Å². The van der Waals surface area contributed by atoms with Gasteiger partial charge in [0.2, 0.25) is 0 Å². The zero-order chi connectivity index (χ0) is 20.5. The standard InChI is InChI=1S/C21H41O5PS/c1-2-3-4-5-6-7-8-9-10-11-12-13-14-15-16-17-21-24-18-20(26-21)19-25-27(22,23)28/h9-10,20-21H,2-8,11-19H2,1H3,(H2,22,23,28)/p-1/b10-9-/t20?,21-/m1/s1. The minimum absolute atomic E-state index is 0.0140. The smallest absolute Gasteiger partial charge is 0.158 e. The van der Waals surface area contributed by atoms with Gasteiger partial charge in [-0.3, -0.25) is 0 Å². The van der Waals surface area contributed by atoms with Crippen LogP contribution < -0.4 is 4.89 Å². The van der Waals surface area contributed by atoms with E-state index < -0.39 is 6.72 Å². The van der Waals surface area contributed by atoms with E-state index in [0.29, 0.717) is 6.61 Å². The Morgan fingerprint density at radius 1 is 1.00 bits per heavy atom. The Morgan fingerprint density at radius 3 is 2.18 bits per heavy atom. The summed E-state index contributed by atoms with van der Waals surface area (Å²) in [5.74, 6) is 0. The molecule has 166 valence electrons. The van der Waals surface area contributed by atoms with Gasteiger partial charge in [-0.15, -0.1) is 0 Å². The van der Waals surface area contributed by atoms with Crippen LogP contribution in [0.3, 0.4) is 0 Å². The minimum Gasteiger partial charge on any atom is -0.780 e. The summed E-state index contributed by atoms with van der Waals surface area (Å²) in [5.41, 5.74) is 0. The SMILES string of the molecule is CCCCCCCC/C=C\CCCCCCC[C@@H]1OCC(COP([O-])(O)=S)O1. The van der Waals surface area contributed by atoms with Crippen LogP contribution in [-0.4, -0.2) is 30.5 Å². The fourth-order valence-electron chi connectivity index (χ4n) is 3.31. The van der Waals surface area contributed by atoms with Crippen molar-refractivity contribution in [2.75, 3.05) is 13.2 Å². The number of ether oxygens (including phenoxy) is 2. The molecule has 0 amide bonds. The van der Waals surface area contributed by atoms with Gasteiger partial charge in [0, 0.05) is 0 Å². The van der Waals surface area contributed by atoms with Crippen LogP contribution in [-0.2, 0) is 25.8 Å². The molecule has 1 heterocycles. The first-order valence-electron chi connectivity index (χ1n) is 11.1. The van der Waals surface area contributed by atoms with Gasteiger partial charge in [0.05, 0.1) is 13.2 Å². The van der Waals surface area contributed by atoms with E-state index in [-0.39, 0.29) is 19.0 Å². The second-order valence-electron chi connectivity index (χ2n) is 7.66. The number of allylic oxidation sites excluding steroid dienone is 2. The Labute approximate surface area is 177 Å². The molecule has 3 atom stereocenters. The van der Waals surface area contributed by atoms with Crippen molar-refractivity contribution in [3.8, 4) is 0 Å². The van der Waals surface area contributed by atoms with Gasteiger partial charge in [0.1, 0.15) is 12.8 Å². The van der Waals surface area contributed by atoms with Gasteiger partial charge in [0.25, 0.3) is 0 Å². The molecule has 0 aromatic heterocycles. The Kier molecular flexibility index (Phi) is 15.9. The van der Waals surface area contributed by atoms with Crippen molar-refractivity contribution in [2.45, 2.75) is 109 Å². The van der Waals surface area contributed by atoms with Crippen molar-refractivity contribution in [1.82, 2.24) is 0 Å². The molecule has 1 saturated heterocycles. The molecule has 1 rings (SSSR count). The minimum atomic E-state index is -3.85. The monoisotopic (exact) mass is 435 g/mol. The van der Waals surface area contributed by atoms with Gasteiger partial charge in [-0.1, -0.05) is 82.2 Å². The van der Waals surface area contributed by atoms with Gasteiger partial charge in [-0.05, 0) is 38.5 Å². The molecule has 0 aromatic carbocycles. The van der Waals surface area contributed by atoms with Gasteiger partial charge >= 0.3 is 0 Å². The lowest BCUT2D eigenvalue weighted by molar-refractivity contribution is -0.203. The predicted molar refractivity (Wildman–Crippen MR) is 117 cm³/mol. The Balaban J connectivity index is 1.83. The third-order valence-corrected chi connectivity index (χ3v) is 5.73. The van der Waals surface area contributed by atoms with Crippen LogP contribution in [0.2, 0.25) is 0 Å². The molecule has 1 fully saturated rings. The molecular weight excluding hydrogens is 395 g/mol. The van der Waals surface area contributed by atoms with E-state index in [1.54, 1.807) is 0 Å². The second kappa shape index (κ2) is 16.9. The highest BCUT2D eigenvalue weighted by Gasteiger charge is 2.26. The van der Waals surface area contributed by atoms with Gasteiger partial charge in [-0.25, -0.2) is 0 Å². The van der Waals surface area contributed by atoms with Gasteiger partial charge in [0.15, 0.2) is 6.29 Å². The molecule has 0 radical (unpaired) electrons. The number of hydrogen-bond acceptors (Lipinski definition) is 5. The summed E-state index contributed by atoms with van der Waals surface area (Å²) in [6.07, 6.45) is 21.8. The highest BCUT2D eigenvalue weighted by molar-refractivity contribution is 8.06. The maximum Gasteiger partial charge on any atom is 0.158 e. The summed E-state index contributed by atoms with van der Waals surface area (Å²) in [6.45, 7) is -1.18. The zero-order valence-electron chi connectivity index (χ0n) is 17.6. The summed E-state index contributed by atoms with van der Waals surface area (Å²) in [4.78, 5) is 19.9. The molecule has 1 N–H and O–H groups in total. The van der Waals surface area contributed by atoms with E-state index in [1.165, 1.54) is 77.0 Å². The highest BCUT2D eigenvalue weighted by atomic mass is 32.5. The largest absolute Gasteiger partial charge is 0.780 e. The summed E-state index contributed by atoms with van der Waals surface area (Å²) < 4.78 is 15.9. The Hall–Kier alpha value is 0.190. The lowest BCUT2D eigenvalue weighted by Crippen LogP contribution is -2.20. The average Bonchev–Trinajstić information content (AvgIpc) is 3.10. The van der Waals surface area contributed by atoms with Crippen LogP contribution in [0.1, 0.15) is 96.8 Å². The molecular formula is C21H40O5PS-. The Morgan fingerprint density at radius 2 is 1.57 bits per heavy atom. The normalized spacial score (nSPS) is 22.1. The lowest BCUT2D eigenvalue weighted by atomic mass is 10.1. The predicted octanol–water partition coefficient (Wildman–Crippen LogP) is 5.36. The van der Waals surface area contributed by atoms with E-state index in [1.807, 2.05) is 0 Å². The third-order valence-electron chi connectivity index (χ3n) is 4.94. The van der Waals surface area contributed by atoms with E-state index in [2.05, 4.69) is 30.9 Å². The molecule has 1 aliphatic heterocycles. The fourth-order valence-corrected chi connectivity index (χ4v) is 3.84. The molecule has 0 bridgehead atoms. The van der Waals surface area contributed by atoms with Crippen molar-refractivity contribution >= 4 is 18.5 Å². The molecule has 5 nitrogen and oxygen atoms in total. The van der Waals surface area contributed by atoms with Gasteiger partial charge in [-0.2, -0.15) is 0 Å². The molecule has 1 aliphatic rings. The molecule has 0 aliphatic carbocycles. The average molecular weight is 436 g/mol. The van der Waals surface area contributed by atoms with Crippen molar-refractivity contribution in [1.29, 1.82) is 0 Å². The number of hydrogen-bond donors (Lipinski definition) is 1. The summed E-state index contributed by atoms with van der Waals surface area (Å²) >= 11 is 4.31. The molecule has 28 heavy (non-hydrogen) atoms. The summed E-state index contributed by atoms with van der Waals surface area (Å²) in [6, 6.07) is 0. The number of unbranched alkanes of at least 4 members (excludes halogenated alkanes) is 11. The van der Waals surface area contributed by atoms with Crippen molar-refractivity contribution in [3.05, 3.63) is 12.2 Å². The second-order valence-corrected chi connectivity index (χ2v) is 10.2. The fraction of sp³-hybridized carbons (Fsp3) is 0.905. The van der Waals surface area contributed by atoms with E-state index in [4.69, 9.17) is 18.9 Å². The van der Waals surface area contributed by atoms with Crippen LogP contribution in [0.15, 0.2) is 12.2 Å². The molecule has 0 spiro atoms. The first kappa shape index (κ1) is 26.2. The van der Waals surface area contributed by atoms with Crippen LogP contribution in [0.4, 0.5) is 0 Å². The first-order chi connectivity index (χ1) is 13.5. The van der Waals surface area contributed by atoms with Crippen LogP contribution in [0, 0.1) is 0 Å². The molecule has 0 aromatic rings.